The van der Waals surface area contributed by atoms with E-state index in [2.05, 4.69) is 5.32 Å². The SMILES string of the molecule is COc1c(Cl)ccc(Cl)c1C(=O)NCC(C)(O)c1ccccc1. The molecule has 0 radical (unpaired) electrons. The number of carbonyl (C=O) groups is 1. The van der Waals surface area contributed by atoms with Gasteiger partial charge in [-0.2, -0.15) is 0 Å². The molecule has 0 aliphatic rings. The third-order valence-corrected chi connectivity index (χ3v) is 4.09. The first-order valence-corrected chi connectivity index (χ1v) is 7.70. The predicted octanol–water partition coefficient (Wildman–Crippen LogP) is 3.64. The van der Waals surface area contributed by atoms with Crippen molar-refractivity contribution in [1.82, 2.24) is 5.32 Å². The van der Waals surface area contributed by atoms with E-state index in [0.717, 1.165) is 0 Å². The minimum atomic E-state index is -1.21. The normalized spacial score (nSPS) is 13.3. The number of carbonyl (C=O) groups excluding carboxylic acids is 1. The maximum absolute atomic E-state index is 12.4. The summed E-state index contributed by atoms with van der Waals surface area (Å²) in [6.07, 6.45) is 0. The fraction of sp³-hybridized carbons (Fsp3) is 0.235. The average Bonchev–Trinajstić information content (AvgIpc) is 2.55. The molecule has 2 rings (SSSR count). The lowest BCUT2D eigenvalue weighted by atomic mass is 9.96. The summed E-state index contributed by atoms with van der Waals surface area (Å²) in [6, 6.07) is 12.2. The number of rotatable bonds is 5. The van der Waals surface area contributed by atoms with E-state index in [1.54, 1.807) is 25.1 Å². The van der Waals surface area contributed by atoms with Crippen LogP contribution in [0.1, 0.15) is 22.8 Å². The van der Waals surface area contributed by atoms with E-state index in [9.17, 15) is 9.90 Å². The first-order valence-electron chi connectivity index (χ1n) is 6.95. The molecule has 4 nitrogen and oxygen atoms in total. The Morgan fingerprint density at radius 3 is 2.39 bits per heavy atom. The van der Waals surface area contributed by atoms with Gasteiger partial charge in [-0.05, 0) is 24.6 Å². The van der Waals surface area contributed by atoms with Gasteiger partial charge in [0.25, 0.3) is 5.91 Å². The van der Waals surface area contributed by atoms with E-state index in [-0.39, 0.29) is 27.9 Å². The Bertz CT molecular complexity index is 702. The van der Waals surface area contributed by atoms with Gasteiger partial charge in [-0.3, -0.25) is 4.79 Å². The second kappa shape index (κ2) is 7.21. The standard InChI is InChI=1S/C17H17Cl2NO3/c1-17(22,11-6-4-3-5-7-11)10-20-16(21)14-12(18)8-9-13(19)15(14)23-2/h3-9,22H,10H2,1-2H3,(H,20,21). The van der Waals surface area contributed by atoms with Crippen molar-refractivity contribution in [3.63, 3.8) is 0 Å². The molecule has 0 fully saturated rings. The summed E-state index contributed by atoms with van der Waals surface area (Å²) >= 11 is 12.1. The monoisotopic (exact) mass is 353 g/mol. The smallest absolute Gasteiger partial charge is 0.256 e. The van der Waals surface area contributed by atoms with Gasteiger partial charge in [-0.1, -0.05) is 53.5 Å². The highest BCUT2D eigenvalue weighted by atomic mass is 35.5. The van der Waals surface area contributed by atoms with Crippen LogP contribution in [0.25, 0.3) is 0 Å². The molecule has 0 spiro atoms. The van der Waals surface area contributed by atoms with Crippen molar-refractivity contribution >= 4 is 29.1 Å². The molecule has 0 saturated heterocycles. The fourth-order valence-electron chi connectivity index (χ4n) is 2.18. The molecule has 122 valence electrons. The van der Waals surface area contributed by atoms with Gasteiger partial charge < -0.3 is 15.2 Å². The highest BCUT2D eigenvalue weighted by Gasteiger charge is 2.26. The van der Waals surface area contributed by atoms with Gasteiger partial charge in [0.15, 0.2) is 5.75 Å². The summed E-state index contributed by atoms with van der Waals surface area (Å²) in [6.45, 7) is 1.64. The zero-order valence-corrected chi connectivity index (χ0v) is 14.3. The van der Waals surface area contributed by atoms with Gasteiger partial charge in [0.1, 0.15) is 11.2 Å². The predicted molar refractivity (Wildman–Crippen MR) is 91.4 cm³/mol. The number of hydrogen-bond donors (Lipinski definition) is 2. The van der Waals surface area contributed by atoms with Gasteiger partial charge in [0.2, 0.25) is 0 Å². The van der Waals surface area contributed by atoms with Crippen LogP contribution >= 0.6 is 23.2 Å². The van der Waals surface area contributed by atoms with Crippen molar-refractivity contribution in [2.24, 2.45) is 0 Å². The van der Waals surface area contributed by atoms with E-state index in [1.165, 1.54) is 13.2 Å². The van der Waals surface area contributed by atoms with E-state index in [4.69, 9.17) is 27.9 Å². The molecule has 0 aliphatic carbocycles. The van der Waals surface area contributed by atoms with E-state index < -0.39 is 11.5 Å². The summed E-state index contributed by atoms with van der Waals surface area (Å²) in [5, 5.41) is 13.7. The van der Waals surface area contributed by atoms with Crippen LogP contribution in [0.2, 0.25) is 10.0 Å². The van der Waals surface area contributed by atoms with Crippen molar-refractivity contribution in [3.8, 4) is 5.75 Å². The van der Waals surface area contributed by atoms with Gasteiger partial charge in [0, 0.05) is 0 Å². The molecule has 0 heterocycles. The number of methoxy groups -OCH3 is 1. The van der Waals surface area contributed by atoms with Crippen LogP contribution in [0.5, 0.6) is 5.75 Å². The third-order valence-electron chi connectivity index (χ3n) is 3.48. The Kier molecular flexibility index (Phi) is 5.52. The molecular formula is C17H17Cl2NO3. The van der Waals surface area contributed by atoms with Crippen molar-refractivity contribution in [3.05, 3.63) is 63.6 Å². The molecule has 6 heteroatoms. The Labute approximate surface area is 145 Å². The van der Waals surface area contributed by atoms with Crippen molar-refractivity contribution in [2.45, 2.75) is 12.5 Å². The largest absolute Gasteiger partial charge is 0.494 e. The summed E-state index contributed by atoms with van der Waals surface area (Å²) < 4.78 is 5.15. The molecule has 0 aromatic heterocycles. The zero-order valence-electron chi connectivity index (χ0n) is 12.8. The van der Waals surface area contributed by atoms with Gasteiger partial charge in [-0.15, -0.1) is 0 Å². The lowest BCUT2D eigenvalue weighted by Crippen LogP contribution is -2.38. The minimum absolute atomic E-state index is 0.0157. The number of ether oxygens (including phenoxy) is 1. The molecule has 2 N–H and O–H groups in total. The summed E-state index contributed by atoms with van der Waals surface area (Å²) in [5.74, 6) is -0.262. The molecule has 23 heavy (non-hydrogen) atoms. The molecule has 2 aromatic rings. The molecule has 1 unspecified atom stereocenters. The van der Waals surface area contributed by atoms with Crippen molar-refractivity contribution < 1.29 is 14.6 Å². The number of halogens is 2. The molecular weight excluding hydrogens is 337 g/mol. The highest BCUT2D eigenvalue weighted by Crippen LogP contribution is 2.33. The Balaban J connectivity index is 2.19. The third kappa shape index (κ3) is 3.96. The quantitative estimate of drug-likeness (QED) is 0.862. The van der Waals surface area contributed by atoms with Crippen LogP contribution in [-0.2, 0) is 5.60 Å². The van der Waals surface area contributed by atoms with Crippen LogP contribution in [0.3, 0.4) is 0 Å². The topological polar surface area (TPSA) is 58.6 Å². The number of aliphatic hydroxyl groups is 1. The maximum Gasteiger partial charge on any atom is 0.256 e. The van der Waals surface area contributed by atoms with Gasteiger partial charge >= 0.3 is 0 Å². The molecule has 0 saturated carbocycles. The highest BCUT2D eigenvalue weighted by molar-refractivity contribution is 6.37. The molecule has 0 bridgehead atoms. The molecule has 1 amide bonds. The maximum atomic E-state index is 12.4. The Morgan fingerprint density at radius 1 is 1.17 bits per heavy atom. The first-order chi connectivity index (χ1) is 10.9. The van der Waals surface area contributed by atoms with E-state index >= 15 is 0 Å². The number of benzene rings is 2. The van der Waals surface area contributed by atoms with Crippen molar-refractivity contribution in [1.29, 1.82) is 0 Å². The molecule has 1 atom stereocenters. The zero-order chi connectivity index (χ0) is 17.0. The second-order valence-electron chi connectivity index (χ2n) is 5.26. The van der Waals surface area contributed by atoms with Crippen LogP contribution < -0.4 is 10.1 Å². The summed E-state index contributed by atoms with van der Waals surface area (Å²) in [4.78, 5) is 12.4. The minimum Gasteiger partial charge on any atom is -0.494 e. The van der Waals surface area contributed by atoms with Crippen LogP contribution in [0.15, 0.2) is 42.5 Å². The van der Waals surface area contributed by atoms with Crippen LogP contribution in [-0.4, -0.2) is 24.7 Å². The van der Waals surface area contributed by atoms with Crippen LogP contribution in [0.4, 0.5) is 0 Å². The van der Waals surface area contributed by atoms with Crippen molar-refractivity contribution in [2.75, 3.05) is 13.7 Å². The molecule has 0 aliphatic heterocycles. The first kappa shape index (κ1) is 17.6. The van der Waals surface area contributed by atoms with E-state index in [1.807, 2.05) is 18.2 Å². The van der Waals surface area contributed by atoms with E-state index in [0.29, 0.717) is 5.56 Å². The fourth-order valence-corrected chi connectivity index (χ4v) is 2.65. The average molecular weight is 354 g/mol. The summed E-state index contributed by atoms with van der Waals surface area (Å²) in [5.41, 5.74) is -0.371. The van der Waals surface area contributed by atoms with Gasteiger partial charge in [0.05, 0.1) is 23.7 Å². The Hall–Kier alpha value is -1.75. The summed E-state index contributed by atoms with van der Waals surface area (Å²) in [7, 11) is 1.41. The second-order valence-corrected chi connectivity index (χ2v) is 6.07. The lowest BCUT2D eigenvalue weighted by molar-refractivity contribution is 0.0525. The lowest BCUT2D eigenvalue weighted by Gasteiger charge is -2.24. The molecule has 2 aromatic carbocycles. The van der Waals surface area contributed by atoms with Crippen LogP contribution in [0, 0.1) is 0 Å². The Morgan fingerprint density at radius 2 is 1.78 bits per heavy atom. The number of hydrogen-bond acceptors (Lipinski definition) is 3. The number of amides is 1. The number of nitrogens with one attached hydrogen (secondary N) is 1. The van der Waals surface area contributed by atoms with Gasteiger partial charge in [-0.25, -0.2) is 0 Å².